The molecule has 7 heteroatoms. The van der Waals surface area contributed by atoms with Crippen LogP contribution in [-0.2, 0) is 11.3 Å². The number of piperazine rings is 1. The number of halogens is 1. The lowest BCUT2D eigenvalue weighted by atomic mass is 10.2. The highest BCUT2D eigenvalue weighted by atomic mass is 127. The number of methoxy groups -OCH3 is 1. The van der Waals surface area contributed by atoms with Crippen LogP contribution in [0, 0.1) is 0 Å². The highest BCUT2D eigenvalue weighted by Crippen LogP contribution is 2.07. The molecule has 0 bridgehead atoms. The smallest absolute Gasteiger partial charge is 0.191 e. The van der Waals surface area contributed by atoms with Crippen LogP contribution in [0.15, 0.2) is 35.3 Å². The van der Waals surface area contributed by atoms with Gasteiger partial charge in [-0.05, 0) is 18.9 Å². The number of benzene rings is 1. The molecule has 0 amide bonds. The average molecular weight is 489 g/mol. The second-order valence-electron chi connectivity index (χ2n) is 6.64. The van der Waals surface area contributed by atoms with Gasteiger partial charge in [0.05, 0.1) is 0 Å². The van der Waals surface area contributed by atoms with Crippen LogP contribution in [0.25, 0.3) is 0 Å². The summed E-state index contributed by atoms with van der Waals surface area (Å²) in [4.78, 5) is 9.65. The fraction of sp³-hybridized carbons (Fsp3) is 0.650. The van der Waals surface area contributed by atoms with Crippen molar-refractivity contribution >= 4 is 29.9 Å². The average Bonchev–Trinajstić information content (AvgIpc) is 2.67. The van der Waals surface area contributed by atoms with Gasteiger partial charge in [0.15, 0.2) is 5.96 Å². The van der Waals surface area contributed by atoms with Crippen molar-refractivity contribution in [3.63, 3.8) is 0 Å². The number of hydrogen-bond donors (Lipinski definition) is 2. The van der Waals surface area contributed by atoms with Crippen molar-refractivity contribution < 1.29 is 4.74 Å². The lowest BCUT2D eigenvalue weighted by Gasteiger charge is -2.34. The molecule has 2 rings (SSSR count). The van der Waals surface area contributed by atoms with Crippen LogP contribution in [-0.4, -0.2) is 81.8 Å². The number of guanidine groups is 1. The highest BCUT2D eigenvalue weighted by Gasteiger charge is 2.16. The van der Waals surface area contributed by atoms with E-state index in [1.165, 1.54) is 5.56 Å². The van der Waals surface area contributed by atoms with E-state index in [0.717, 1.165) is 77.9 Å². The van der Waals surface area contributed by atoms with Crippen LogP contribution in [0.2, 0.25) is 0 Å². The van der Waals surface area contributed by atoms with E-state index in [2.05, 4.69) is 62.7 Å². The van der Waals surface area contributed by atoms with E-state index in [-0.39, 0.29) is 24.0 Å². The molecule has 0 atom stereocenters. The van der Waals surface area contributed by atoms with E-state index in [1.807, 2.05) is 0 Å². The Hall–Kier alpha value is -0.900. The third-order valence-corrected chi connectivity index (χ3v) is 4.56. The summed E-state index contributed by atoms with van der Waals surface area (Å²) in [5.41, 5.74) is 1.41. The number of nitrogens with one attached hydrogen (secondary N) is 2. The van der Waals surface area contributed by atoms with E-state index >= 15 is 0 Å². The van der Waals surface area contributed by atoms with Crippen molar-refractivity contribution in [3.8, 4) is 0 Å². The maximum atomic E-state index is 5.07. The highest BCUT2D eigenvalue weighted by molar-refractivity contribution is 14.0. The van der Waals surface area contributed by atoms with Crippen LogP contribution in [0.3, 0.4) is 0 Å². The Bertz CT molecular complexity index is 506. The molecule has 1 fully saturated rings. The lowest BCUT2D eigenvalue weighted by Crippen LogP contribution is -2.49. The minimum atomic E-state index is 0. The van der Waals surface area contributed by atoms with Gasteiger partial charge in [0, 0.05) is 72.6 Å². The fourth-order valence-corrected chi connectivity index (χ4v) is 3.09. The van der Waals surface area contributed by atoms with Crippen molar-refractivity contribution in [2.45, 2.75) is 19.9 Å². The minimum Gasteiger partial charge on any atom is -0.385 e. The van der Waals surface area contributed by atoms with E-state index < -0.39 is 0 Å². The molecule has 1 aliphatic heterocycles. The zero-order valence-electron chi connectivity index (χ0n) is 16.8. The first kappa shape index (κ1) is 24.1. The molecule has 0 aromatic heterocycles. The first-order valence-electron chi connectivity index (χ1n) is 9.81. The van der Waals surface area contributed by atoms with Gasteiger partial charge >= 0.3 is 0 Å². The monoisotopic (exact) mass is 489 g/mol. The third-order valence-electron chi connectivity index (χ3n) is 4.56. The van der Waals surface area contributed by atoms with Crippen molar-refractivity contribution in [3.05, 3.63) is 35.9 Å². The molecule has 1 aromatic carbocycles. The van der Waals surface area contributed by atoms with Crippen LogP contribution < -0.4 is 10.6 Å². The Labute approximate surface area is 181 Å². The van der Waals surface area contributed by atoms with Crippen LogP contribution in [0.1, 0.15) is 18.9 Å². The molecular weight excluding hydrogens is 453 g/mol. The molecule has 154 valence electrons. The van der Waals surface area contributed by atoms with E-state index in [0.29, 0.717) is 0 Å². The molecule has 1 aromatic rings. The molecule has 1 heterocycles. The third kappa shape index (κ3) is 10.3. The predicted molar refractivity (Wildman–Crippen MR) is 124 cm³/mol. The Morgan fingerprint density at radius 1 is 1.07 bits per heavy atom. The summed E-state index contributed by atoms with van der Waals surface area (Å²) in [6.07, 6.45) is 0.955. The van der Waals surface area contributed by atoms with Crippen molar-refractivity contribution in [1.82, 2.24) is 20.4 Å². The number of rotatable bonds is 10. The number of nitrogens with zero attached hydrogens (tertiary/aromatic N) is 3. The zero-order valence-corrected chi connectivity index (χ0v) is 19.2. The van der Waals surface area contributed by atoms with Gasteiger partial charge in [0.25, 0.3) is 0 Å². The Morgan fingerprint density at radius 2 is 1.78 bits per heavy atom. The summed E-state index contributed by atoms with van der Waals surface area (Å²) in [7, 11) is 1.73. The summed E-state index contributed by atoms with van der Waals surface area (Å²) in [6.45, 7) is 12.1. The molecule has 6 nitrogen and oxygen atoms in total. The summed E-state index contributed by atoms with van der Waals surface area (Å²) in [6, 6.07) is 10.7. The summed E-state index contributed by atoms with van der Waals surface area (Å²) < 4.78 is 5.07. The number of ether oxygens (including phenoxy) is 1. The van der Waals surface area contributed by atoms with Gasteiger partial charge in [-0.2, -0.15) is 0 Å². The molecule has 0 saturated carbocycles. The first-order valence-corrected chi connectivity index (χ1v) is 9.81. The van der Waals surface area contributed by atoms with Gasteiger partial charge in [-0.3, -0.25) is 14.8 Å². The zero-order chi connectivity index (χ0) is 18.5. The molecule has 1 saturated heterocycles. The van der Waals surface area contributed by atoms with Gasteiger partial charge < -0.3 is 15.4 Å². The van der Waals surface area contributed by atoms with Crippen molar-refractivity contribution in [1.29, 1.82) is 0 Å². The van der Waals surface area contributed by atoms with E-state index in [9.17, 15) is 0 Å². The quantitative estimate of drug-likeness (QED) is 0.228. The molecule has 0 radical (unpaired) electrons. The van der Waals surface area contributed by atoms with Crippen LogP contribution in [0.5, 0.6) is 0 Å². The Kier molecular flexibility index (Phi) is 13.5. The maximum Gasteiger partial charge on any atom is 0.191 e. The molecular formula is C20H36IN5O. The molecule has 2 N–H and O–H groups in total. The first-order chi connectivity index (χ1) is 12.8. The maximum absolute atomic E-state index is 5.07. The number of aliphatic imine (C=N–C) groups is 1. The topological polar surface area (TPSA) is 52.1 Å². The SMILES string of the molecule is CCNC(=NCCCOC)NCCN1CCN(Cc2ccccc2)CC1.I. The van der Waals surface area contributed by atoms with Crippen molar-refractivity contribution in [2.75, 3.05) is 66.1 Å². The van der Waals surface area contributed by atoms with Crippen LogP contribution in [0.4, 0.5) is 0 Å². The largest absolute Gasteiger partial charge is 0.385 e. The van der Waals surface area contributed by atoms with Gasteiger partial charge in [0.2, 0.25) is 0 Å². The van der Waals surface area contributed by atoms with Gasteiger partial charge in [-0.1, -0.05) is 30.3 Å². The van der Waals surface area contributed by atoms with Crippen LogP contribution >= 0.6 is 24.0 Å². The van der Waals surface area contributed by atoms with E-state index in [4.69, 9.17) is 4.74 Å². The standard InChI is InChI=1S/C20H35N5O.HI/c1-3-21-20(22-10-7-17-26-2)23-11-12-24-13-15-25(16-14-24)18-19-8-5-4-6-9-19;/h4-6,8-9H,3,7,10-18H2,1-2H3,(H2,21,22,23);1H. The molecule has 27 heavy (non-hydrogen) atoms. The summed E-state index contributed by atoms with van der Waals surface area (Å²) in [5, 5.41) is 6.74. The van der Waals surface area contributed by atoms with E-state index in [1.54, 1.807) is 7.11 Å². The summed E-state index contributed by atoms with van der Waals surface area (Å²) >= 11 is 0. The van der Waals surface area contributed by atoms with Gasteiger partial charge in [-0.25, -0.2) is 0 Å². The molecule has 0 spiro atoms. The fourth-order valence-electron chi connectivity index (χ4n) is 3.09. The minimum absolute atomic E-state index is 0. The Balaban J connectivity index is 0.00000364. The lowest BCUT2D eigenvalue weighted by molar-refractivity contribution is 0.129. The molecule has 1 aliphatic rings. The summed E-state index contributed by atoms with van der Waals surface area (Å²) in [5.74, 6) is 0.909. The second-order valence-corrected chi connectivity index (χ2v) is 6.64. The van der Waals surface area contributed by atoms with Crippen molar-refractivity contribution in [2.24, 2.45) is 4.99 Å². The molecule has 0 aliphatic carbocycles. The number of hydrogen-bond acceptors (Lipinski definition) is 4. The van der Waals surface area contributed by atoms with Gasteiger partial charge in [-0.15, -0.1) is 24.0 Å². The second kappa shape index (κ2) is 15.1. The predicted octanol–water partition coefficient (Wildman–Crippen LogP) is 2.01. The normalized spacial score (nSPS) is 16.0. The van der Waals surface area contributed by atoms with Gasteiger partial charge in [0.1, 0.15) is 0 Å². The Morgan fingerprint density at radius 3 is 2.44 bits per heavy atom. The molecule has 0 unspecified atom stereocenters.